The van der Waals surface area contributed by atoms with Gasteiger partial charge < -0.3 is 16.0 Å². The molecular formula is C13H22Cl3N3O. The molecule has 0 radical (unpaired) electrons. The van der Waals surface area contributed by atoms with E-state index in [1.54, 1.807) is 18.2 Å². The Hall–Kier alpha value is -0.680. The van der Waals surface area contributed by atoms with Gasteiger partial charge in [-0.3, -0.25) is 4.79 Å². The molecule has 4 nitrogen and oxygen atoms in total. The van der Waals surface area contributed by atoms with E-state index in [0.717, 1.165) is 0 Å². The number of likely N-dealkylation sites (N-methyl/N-ethyl adjacent to an activating group) is 1. The van der Waals surface area contributed by atoms with Gasteiger partial charge in [0.15, 0.2) is 0 Å². The number of hydrogen-bond acceptors (Lipinski definition) is 3. The maximum atomic E-state index is 12.0. The zero-order valence-corrected chi connectivity index (χ0v) is 14.5. The number of hydrogen-bond donors (Lipinski definition) is 2. The topological polar surface area (TPSA) is 58.4 Å². The van der Waals surface area contributed by atoms with Crippen molar-refractivity contribution in [2.24, 2.45) is 0 Å². The molecule has 0 aliphatic heterocycles. The highest BCUT2D eigenvalue weighted by molar-refractivity contribution is 6.34. The summed E-state index contributed by atoms with van der Waals surface area (Å²) in [5, 5.41) is 3.25. The second kappa shape index (κ2) is 8.57. The van der Waals surface area contributed by atoms with E-state index in [4.69, 9.17) is 17.3 Å². The standard InChI is InChI=1S/C13H20ClN3O.2ClH/c1-13(2,17(3)4)8-16-12(18)10-6-5-9(15)7-11(10)14;;/h5-7H,8,15H2,1-4H3,(H,16,18);2*1H. The van der Waals surface area contributed by atoms with Crippen molar-refractivity contribution in [3.05, 3.63) is 28.8 Å². The van der Waals surface area contributed by atoms with Crippen molar-refractivity contribution < 1.29 is 4.79 Å². The van der Waals surface area contributed by atoms with Gasteiger partial charge in [-0.2, -0.15) is 0 Å². The highest BCUT2D eigenvalue weighted by Crippen LogP contribution is 2.19. The molecule has 116 valence electrons. The summed E-state index contributed by atoms with van der Waals surface area (Å²) >= 11 is 5.99. The third kappa shape index (κ3) is 5.75. The average molecular weight is 343 g/mol. The monoisotopic (exact) mass is 341 g/mol. The van der Waals surface area contributed by atoms with Crippen LogP contribution in [0.1, 0.15) is 24.2 Å². The molecule has 0 spiro atoms. The van der Waals surface area contributed by atoms with Crippen molar-refractivity contribution in [1.82, 2.24) is 10.2 Å². The molecule has 0 unspecified atom stereocenters. The summed E-state index contributed by atoms with van der Waals surface area (Å²) in [7, 11) is 3.95. The van der Waals surface area contributed by atoms with Crippen LogP contribution in [0.4, 0.5) is 5.69 Å². The van der Waals surface area contributed by atoms with Crippen LogP contribution in [-0.4, -0.2) is 37.0 Å². The van der Waals surface area contributed by atoms with E-state index in [1.807, 2.05) is 14.1 Å². The summed E-state index contributed by atoms with van der Waals surface area (Å²) in [5.41, 5.74) is 6.46. The summed E-state index contributed by atoms with van der Waals surface area (Å²) in [6.45, 7) is 4.65. The molecule has 1 amide bonds. The van der Waals surface area contributed by atoms with E-state index in [2.05, 4.69) is 24.1 Å². The zero-order chi connectivity index (χ0) is 13.9. The van der Waals surface area contributed by atoms with E-state index < -0.39 is 0 Å². The lowest BCUT2D eigenvalue weighted by Gasteiger charge is -2.32. The first kappa shape index (κ1) is 21.6. The van der Waals surface area contributed by atoms with Crippen LogP contribution in [0.15, 0.2) is 18.2 Å². The van der Waals surface area contributed by atoms with Gasteiger partial charge in [-0.15, -0.1) is 24.8 Å². The number of anilines is 1. The van der Waals surface area contributed by atoms with E-state index in [-0.39, 0.29) is 36.3 Å². The fourth-order valence-electron chi connectivity index (χ4n) is 1.27. The van der Waals surface area contributed by atoms with Gasteiger partial charge in [0.1, 0.15) is 0 Å². The quantitative estimate of drug-likeness (QED) is 0.827. The summed E-state index contributed by atoms with van der Waals surface area (Å²) in [5.74, 6) is -0.185. The molecule has 0 aliphatic rings. The summed E-state index contributed by atoms with van der Waals surface area (Å²) in [6, 6.07) is 4.88. The van der Waals surface area contributed by atoms with Gasteiger partial charge in [-0.05, 0) is 46.1 Å². The number of nitrogens with one attached hydrogen (secondary N) is 1. The van der Waals surface area contributed by atoms with Gasteiger partial charge in [-0.1, -0.05) is 11.6 Å². The first-order valence-electron chi connectivity index (χ1n) is 5.74. The second-order valence-electron chi connectivity index (χ2n) is 5.13. The second-order valence-corrected chi connectivity index (χ2v) is 5.54. The molecule has 3 N–H and O–H groups in total. The molecule has 1 aromatic carbocycles. The van der Waals surface area contributed by atoms with Crippen molar-refractivity contribution in [2.75, 3.05) is 26.4 Å². The lowest BCUT2D eigenvalue weighted by Crippen LogP contribution is -2.48. The third-order valence-electron chi connectivity index (χ3n) is 3.13. The van der Waals surface area contributed by atoms with E-state index >= 15 is 0 Å². The number of nitrogen functional groups attached to an aromatic ring is 1. The summed E-state index contributed by atoms with van der Waals surface area (Å²) in [6.07, 6.45) is 0. The first-order valence-corrected chi connectivity index (χ1v) is 6.12. The minimum Gasteiger partial charge on any atom is -0.399 e. The lowest BCUT2D eigenvalue weighted by atomic mass is 10.0. The maximum Gasteiger partial charge on any atom is 0.252 e. The summed E-state index contributed by atoms with van der Waals surface area (Å²) in [4.78, 5) is 14.0. The van der Waals surface area contributed by atoms with E-state index in [0.29, 0.717) is 22.8 Å². The van der Waals surface area contributed by atoms with Crippen molar-refractivity contribution >= 4 is 48.0 Å². The van der Waals surface area contributed by atoms with Gasteiger partial charge in [0.2, 0.25) is 0 Å². The fourth-order valence-corrected chi connectivity index (χ4v) is 1.54. The predicted molar refractivity (Wildman–Crippen MR) is 90.5 cm³/mol. The molecule has 0 fully saturated rings. The Balaban J connectivity index is 0. The Labute approximate surface area is 137 Å². The molecule has 0 aromatic heterocycles. The minimum absolute atomic E-state index is 0. The Kier molecular flexibility index (Phi) is 9.26. The zero-order valence-electron chi connectivity index (χ0n) is 12.1. The molecule has 20 heavy (non-hydrogen) atoms. The number of rotatable bonds is 4. The maximum absolute atomic E-state index is 12.0. The largest absolute Gasteiger partial charge is 0.399 e. The molecule has 0 saturated carbocycles. The Morgan fingerprint density at radius 3 is 2.35 bits per heavy atom. The number of carbonyl (C=O) groups excluding carboxylic acids is 1. The van der Waals surface area contributed by atoms with E-state index in [9.17, 15) is 4.79 Å². The number of halogens is 3. The van der Waals surface area contributed by atoms with Crippen LogP contribution in [0.5, 0.6) is 0 Å². The van der Waals surface area contributed by atoms with Crippen LogP contribution in [0.2, 0.25) is 5.02 Å². The Bertz CT molecular complexity index is 450. The fraction of sp³-hybridized carbons (Fsp3) is 0.462. The van der Waals surface area contributed by atoms with Crippen molar-refractivity contribution in [3.63, 3.8) is 0 Å². The van der Waals surface area contributed by atoms with Crippen LogP contribution in [0, 0.1) is 0 Å². The third-order valence-corrected chi connectivity index (χ3v) is 3.44. The first-order chi connectivity index (χ1) is 8.24. The molecule has 0 atom stereocenters. The average Bonchev–Trinajstić information content (AvgIpc) is 2.25. The number of carbonyl (C=O) groups is 1. The molecular weight excluding hydrogens is 321 g/mol. The normalized spacial score (nSPS) is 10.5. The number of nitrogens with two attached hydrogens (primary N) is 1. The molecule has 7 heteroatoms. The molecule has 1 aromatic rings. The number of benzene rings is 1. The summed E-state index contributed by atoms with van der Waals surface area (Å²) < 4.78 is 0. The van der Waals surface area contributed by atoms with Crippen molar-refractivity contribution in [3.8, 4) is 0 Å². The van der Waals surface area contributed by atoms with Crippen LogP contribution >= 0.6 is 36.4 Å². The minimum atomic E-state index is -0.185. The highest BCUT2D eigenvalue weighted by Gasteiger charge is 2.21. The smallest absolute Gasteiger partial charge is 0.252 e. The van der Waals surface area contributed by atoms with Crippen LogP contribution in [-0.2, 0) is 0 Å². The van der Waals surface area contributed by atoms with Crippen LogP contribution < -0.4 is 11.1 Å². The molecule has 0 bridgehead atoms. The Morgan fingerprint density at radius 1 is 1.35 bits per heavy atom. The molecule has 0 aliphatic carbocycles. The number of amides is 1. The highest BCUT2D eigenvalue weighted by atomic mass is 35.5. The van der Waals surface area contributed by atoms with Crippen LogP contribution in [0.3, 0.4) is 0 Å². The van der Waals surface area contributed by atoms with E-state index in [1.165, 1.54) is 0 Å². The molecule has 0 saturated heterocycles. The van der Waals surface area contributed by atoms with Gasteiger partial charge in [0, 0.05) is 17.8 Å². The predicted octanol–water partition coefficient (Wildman–Crippen LogP) is 2.84. The SMILES string of the molecule is CN(C)C(C)(C)CNC(=O)c1ccc(N)cc1Cl.Cl.Cl. The number of nitrogens with zero attached hydrogens (tertiary/aromatic N) is 1. The van der Waals surface area contributed by atoms with Gasteiger partial charge in [-0.25, -0.2) is 0 Å². The van der Waals surface area contributed by atoms with Gasteiger partial charge in [0.25, 0.3) is 5.91 Å². The van der Waals surface area contributed by atoms with Gasteiger partial charge >= 0.3 is 0 Å². The van der Waals surface area contributed by atoms with Crippen molar-refractivity contribution in [1.29, 1.82) is 0 Å². The molecule has 1 rings (SSSR count). The van der Waals surface area contributed by atoms with Crippen LogP contribution in [0.25, 0.3) is 0 Å². The molecule has 0 heterocycles. The lowest BCUT2D eigenvalue weighted by molar-refractivity contribution is 0.0920. The van der Waals surface area contributed by atoms with Crippen molar-refractivity contribution in [2.45, 2.75) is 19.4 Å². The van der Waals surface area contributed by atoms with Gasteiger partial charge in [0.05, 0.1) is 10.6 Å². The Morgan fingerprint density at radius 2 is 1.90 bits per heavy atom.